The summed E-state index contributed by atoms with van der Waals surface area (Å²) in [4.78, 5) is 23.9. The molecule has 5 rings (SSSR count). The van der Waals surface area contributed by atoms with E-state index in [0.29, 0.717) is 12.1 Å². The number of thiazole rings is 1. The van der Waals surface area contributed by atoms with Crippen LogP contribution in [0.15, 0.2) is 65.6 Å². The number of carbonyl (C=O) groups is 1. The van der Waals surface area contributed by atoms with E-state index in [1.165, 1.54) is 4.90 Å². The third kappa shape index (κ3) is 4.52. The van der Waals surface area contributed by atoms with Crippen LogP contribution in [0.1, 0.15) is 10.4 Å². The van der Waals surface area contributed by atoms with Crippen LogP contribution in [0.5, 0.6) is 0 Å². The van der Waals surface area contributed by atoms with Gasteiger partial charge in [0.2, 0.25) is 0 Å². The Labute approximate surface area is 196 Å². The van der Waals surface area contributed by atoms with E-state index in [1.54, 1.807) is 23.1 Å². The molecule has 0 unspecified atom stereocenters. The van der Waals surface area contributed by atoms with E-state index in [1.807, 2.05) is 47.4 Å². The normalized spacial score (nSPS) is 14.8. The quantitative estimate of drug-likeness (QED) is 0.370. The molecular formula is C25H25N3O2S2. The van der Waals surface area contributed by atoms with E-state index < -0.39 is 0 Å². The third-order valence-electron chi connectivity index (χ3n) is 5.80. The van der Waals surface area contributed by atoms with Crippen LogP contribution in [0, 0.1) is 0 Å². The minimum atomic E-state index is -0.00633. The molecule has 2 heterocycles. The lowest BCUT2D eigenvalue weighted by Crippen LogP contribution is -2.43. The van der Waals surface area contributed by atoms with Crippen molar-refractivity contribution < 1.29 is 9.53 Å². The van der Waals surface area contributed by atoms with Crippen LogP contribution in [-0.4, -0.2) is 61.4 Å². The molecule has 1 aromatic heterocycles. The number of fused-ring (bicyclic) bond motifs is 2. The summed E-state index contributed by atoms with van der Waals surface area (Å²) in [5, 5.41) is 2.96. The monoisotopic (exact) mass is 463 g/mol. The summed E-state index contributed by atoms with van der Waals surface area (Å²) in [5.74, 6) is -0.00633. The Morgan fingerprint density at radius 2 is 1.91 bits per heavy atom. The van der Waals surface area contributed by atoms with Gasteiger partial charge in [-0.15, -0.1) is 11.8 Å². The molecule has 0 aliphatic carbocycles. The van der Waals surface area contributed by atoms with Crippen LogP contribution < -0.4 is 4.90 Å². The Kier molecular flexibility index (Phi) is 6.41. The van der Waals surface area contributed by atoms with Gasteiger partial charge in [0.25, 0.3) is 5.91 Å². The first-order valence-electron chi connectivity index (χ1n) is 10.8. The van der Waals surface area contributed by atoms with E-state index in [9.17, 15) is 4.79 Å². The first kappa shape index (κ1) is 21.4. The fourth-order valence-corrected chi connectivity index (χ4v) is 5.51. The zero-order chi connectivity index (χ0) is 21.9. The topological polar surface area (TPSA) is 45.7 Å². The number of anilines is 1. The van der Waals surface area contributed by atoms with Gasteiger partial charge in [0.15, 0.2) is 5.13 Å². The number of morpholine rings is 1. The van der Waals surface area contributed by atoms with Crippen molar-refractivity contribution in [2.24, 2.45) is 0 Å². The average molecular weight is 464 g/mol. The molecule has 0 bridgehead atoms. The predicted octanol–water partition coefficient (Wildman–Crippen LogP) is 5.15. The fourth-order valence-electron chi connectivity index (χ4n) is 3.96. The maximum absolute atomic E-state index is 13.7. The molecular weight excluding hydrogens is 438 g/mol. The Morgan fingerprint density at radius 3 is 2.72 bits per heavy atom. The highest BCUT2D eigenvalue weighted by molar-refractivity contribution is 7.98. The number of aromatic nitrogens is 1. The van der Waals surface area contributed by atoms with E-state index in [2.05, 4.69) is 29.4 Å². The number of nitrogens with zero attached hydrogens (tertiary/aromatic N) is 3. The van der Waals surface area contributed by atoms with E-state index in [4.69, 9.17) is 9.72 Å². The van der Waals surface area contributed by atoms with Gasteiger partial charge in [0.05, 0.1) is 23.4 Å². The van der Waals surface area contributed by atoms with Crippen molar-refractivity contribution in [2.45, 2.75) is 4.90 Å². The molecule has 1 amide bonds. The Morgan fingerprint density at radius 1 is 1.09 bits per heavy atom. The predicted molar refractivity (Wildman–Crippen MR) is 134 cm³/mol. The molecule has 1 aliphatic heterocycles. The van der Waals surface area contributed by atoms with Crippen LogP contribution in [-0.2, 0) is 4.74 Å². The minimum Gasteiger partial charge on any atom is -0.379 e. The van der Waals surface area contributed by atoms with E-state index >= 15 is 0 Å². The molecule has 0 N–H and O–H groups in total. The van der Waals surface area contributed by atoms with Crippen LogP contribution in [0.25, 0.3) is 21.0 Å². The molecule has 0 radical (unpaired) electrons. The second-order valence-electron chi connectivity index (χ2n) is 7.80. The number of benzene rings is 3. The molecule has 4 aromatic rings. The molecule has 0 atom stereocenters. The lowest BCUT2D eigenvalue weighted by Gasteiger charge is -2.29. The molecule has 0 spiro atoms. The average Bonchev–Trinajstić information content (AvgIpc) is 3.27. The Bertz CT molecular complexity index is 1250. The van der Waals surface area contributed by atoms with Gasteiger partial charge in [-0.2, -0.15) is 0 Å². The van der Waals surface area contributed by atoms with Crippen molar-refractivity contribution in [3.63, 3.8) is 0 Å². The zero-order valence-electron chi connectivity index (χ0n) is 18.0. The van der Waals surface area contributed by atoms with Gasteiger partial charge in [-0.1, -0.05) is 41.7 Å². The molecule has 0 saturated carbocycles. The molecule has 7 heteroatoms. The van der Waals surface area contributed by atoms with Gasteiger partial charge >= 0.3 is 0 Å². The molecule has 1 fully saturated rings. The van der Waals surface area contributed by atoms with E-state index in [0.717, 1.165) is 59.0 Å². The van der Waals surface area contributed by atoms with Gasteiger partial charge in [0.1, 0.15) is 0 Å². The summed E-state index contributed by atoms with van der Waals surface area (Å²) >= 11 is 3.30. The van der Waals surface area contributed by atoms with Gasteiger partial charge in [-0.05, 0) is 47.4 Å². The standard InChI is InChI=1S/C25H25N3O2S2/c1-31-21-8-9-22-23(17-21)32-25(26-22)28(11-10-27-12-14-30-15-13-27)24(29)20-7-6-18-4-2-3-5-19(18)16-20/h2-9,16-17H,10-15H2,1H3. The lowest BCUT2D eigenvalue weighted by molar-refractivity contribution is 0.0391. The van der Waals surface area contributed by atoms with Crippen molar-refractivity contribution in [3.8, 4) is 0 Å². The molecule has 32 heavy (non-hydrogen) atoms. The van der Waals surface area contributed by atoms with Crippen molar-refractivity contribution in [2.75, 3.05) is 50.5 Å². The van der Waals surface area contributed by atoms with Crippen LogP contribution >= 0.6 is 23.1 Å². The molecule has 1 saturated heterocycles. The number of hydrogen-bond donors (Lipinski definition) is 0. The number of hydrogen-bond acceptors (Lipinski definition) is 6. The number of thioether (sulfide) groups is 1. The molecule has 3 aromatic carbocycles. The Hall–Kier alpha value is -2.45. The lowest BCUT2D eigenvalue weighted by atomic mass is 10.1. The molecule has 164 valence electrons. The van der Waals surface area contributed by atoms with Crippen molar-refractivity contribution in [1.82, 2.24) is 9.88 Å². The highest BCUT2D eigenvalue weighted by atomic mass is 32.2. The summed E-state index contributed by atoms with van der Waals surface area (Å²) in [5.41, 5.74) is 1.63. The Balaban J connectivity index is 1.48. The number of amides is 1. The summed E-state index contributed by atoms with van der Waals surface area (Å²) in [7, 11) is 0. The minimum absolute atomic E-state index is 0.00633. The second kappa shape index (κ2) is 9.58. The van der Waals surface area contributed by atoms with E-state index in [-0.39, 0.29) is 5.91 Å². The number of rotatable bonds is 6. The number of ether oxygens (including phenoxy) is 1. The smallest absolute Gasteiger partial charge is 0.260 e. The van der Waals surface area contributed by atoms with Crippen molar-refractivity contribution in [1.29, 1.82) is 0 Å². The first-order valence-corrected chi connectivity index (χ1v) is 12.8. The van der Waals surface area contributed by atoms with Crippen LogP contribution in [0.3, 0.4) is 0 Å². The molecule has 5 nitrogen and oxygen atoms in total. The van der Waals surface area contributed by atoms with Crippen LogP contribution in [0.2, 0.25) is 0 Å². The second-order valence-corrected chi connectivity index (χ2v) is 9.69. The maximum Gasteiger partial charge on any atom is 0.260 e. The fraction of sp³-hybridized carbons (Fsp3) is 0.280. The van der Waals surface area contributed by atoms with Crippen molar-refractivity contribution in [3.05, 3.63) is 66.2 Å². The maximum atomic E-state index is 13.7. The SMILES string of the molecule is CSc1ccc2nc(N(CCN3CCOCC3)C(=O)c3ccc4ccccc4c3)sc2c1. The van der Waals surface area contributed by atoms with Gasteiger partial charge in [-0.3, -0.25) is 14.6 Å². The molecule has 1 aliphatic rings. The highest BCUT2D eigenvalue weighted by Crippen LogP contribution is 2.32. The summed E-state index contributed by atoms with van der Waals surface area (Å²) in [6.07, 6.45) is 2.07. The first-order chi connectivity index (χ1) is 15.7. The summed E-state index contributed by atoms with van der Waals surface area (Å²) < 4.78 is 6.58. The van der Waals surface area contributed by atoms with Crippen LogP contribution in [0.4, 0.5) is 5.13 Å². The summed E-state index contributed by atoms with van der Waals surface area (Å²) in [6.45, 7) is 4.69. The zero-order valence-corrected chi connectivity index (χ0v) is 19.6. The van der Waals surface area contributed by atoms with Crippen molar-refractivity contribution >= 4 is 55.1 Å². The third-order valence-corrected chi connectivity index (χ3v) is 7.57. The van der Waals surface area contributed by atoms with Gasteiger partial charge in [0, 0.05) is 36.6 Å². The largest absolute Gasteiger partial charge is 0.379 e. The van der Waals surface area contributed by atoms with Gasteiger partial charge < -0.3 is 4.74 Å². The van der Waals surface area contributed by atoms with Gasteiger partial charge in [-0.25, -0.2) is 4.98 Å². The summed E-state index contributed by atoms with van der Waals surface area (Å²) in [6, 6.07) is 20.3. The number of carbonyl (C=O) groups excluding carboxylic acids is 1. The highest BCUT2D eigenvalue weighted by Gasteiger charge is 2.23.